The first-order valence-corrected chi connectivity index (χ1v) is 12.3. The highest BCUT2D eigenvalue weighted by Gasteiger charge is 2.40. The van der Waals surface area contributed by atoms with E-state index in [0.717, 1.165) is 0 Å². The maximum atomic E-state index is 13.5. The van der Waals surface area contributed by atoms with Crippen molar-refractivity contribution in [1.29, 1.82) is 0 Å². The van der Waals surface area contributed by atoms with Crippen LogP contribution in [0.15, 0.2) is 42.2 Å². The molecule has 5 rings (SSSR count). The molecule has 2 aliphatic rings. The molecule has 0 saturated carbocycles. The lowest BCUT2D eigenvalue weighted by Gasteiger charge is -2.28. The topological polar surface area (TPSA) is 108 Å². The molecule has 0 aliphatic carbocycles. The van der Waals surface area contributed by atoms with Crippen molar-refractivity contribution in [2.24, 2.45) is 0 Å². The molecule has 3 aromatic carbocycles. The summed E-state index contributed by atoms with van der Waals surface area (Å²) in [5.41, 5.74) is 2.10. The van der Waals surface area contributed by atoms with Gasteiger partial charge in [-0.25, -0.2) is 0 Å². The molecule has 0 bridgehead atoms. The third-order valence-corrected chi connectivity index (χ3v) is 6.91. The lowest BCUT2D eigenvalue weighted by Crippen LogP contribution is -2.22. The Balaban J connectivity index is 1.64. The third kappa shape index (κ3) is 4.21. The maximum absolute atomic E-state index is 13.5. The van der Waals surface area contributed by atoms with Crippen molar-refractivity contribution >= 4 is 17.8 Å². The Morgan fingerprint density at radius 2 is 1.32 bits per heavy atom. The molecule has 1 atom stereocenters. The van der Waals surface area contributed by atoms with Crippen LogP contribution < -0.4 is 37.9 Å². The fraction of sp³-hybridized carbons (Fsp3) is 0.267. The maximum Gasteiger partial charge on any atom is 0.312 e. The Hall–Kier alpha value is -4.86. The molecule has 2 heterocycles. The average Bonchev–Trinajstić information content (AvgIpc) is 3.29. The number of ketones is 1. The van der Waals surface area contributed by atoms with E-state index in [1.807, 2.05) is 0 Å². The number of hydrogen-bond acceptors (Lipinski definition) is 10. The van der Waals surface area contributed by atoms with Gasteiger partial charge in [0.2, 0.25) is 17.3 Å². The zero-order chi connectivity index (χ0) is 28.6. The molecule has 40 heavy (non-hydrogen) atoms. The van der Waals surface area contributed by atoms with E-state index in [0.29, 0.717) is 68.2 Å². The highest BCUT2D eigenvalue weighted by atomic mass is 16.5. The number of carbonyl (C=O) groups is 2. The molecule has 10 nitrogen and oxygen atoms in total. The SMILES string of the molecule is COc1ccc(/C=C2\Oc3c(ccc4c3[C@@H](c3ccc(OC)c(OC)c3OC)CC(=O)O4)C2=O)c(OC)c1OC. The van der Waals surface area contributed by atoms with Crippen LogP contribution in [-0.2, 0) is 4.79 Å². The molecular weight excluding hydrogens is 520 g/mol. The number of Topliss-reactive ketones (excluding diaryl/α,β-unsaturated/α-hetero) is 1. The molecule has 208 valence electrons. The highest BCUT2D eigenvalue weighted by molar-refractivity contribution is 6.15. The van der Waals surface area contributed by atoms with Crippen LogP contribution in [0.4, 0.5) is 0 Å². The van der Waals surface area contributed by atoms with Gasteiger partial charge in [0.25, 0.3) is 0 Å². The first-order valence-electron chi connectivity index (χ1n) is 12.3. The smallest absolute Gasteiger partial charge is 0.312 e. The number of esters is 1. The lowest BCUT2D eigenvalue weighted by atomic mass is 9.84. The fourth-order valence-electron chi connectivity index (χ4n) is 5.15. The largest absolute Gasteiger partial charge is 0.493 e. The highest BCUT2D eigenvalue weighted by Crippen LogP contribution is 2.53. The summed E-state index contributed by atoms with van der Waals surface area (Å²) in [5.74, 6) is 1.87. The molecule has 3 aromatic rings. The number of fused-ring (bicyclic) bond motifs is 3. The van der Waals surface area contributed by atoms with Gasteiger partial charge in [0.15, 0.2) is 28.8 Å². The van der Waals surface area contributed by atoms with Gasteiger partial charge in [0.05, 0.1) is 54.6 Å². The van der Waals surface area contributed by atoms with E-state index >= 15 is 0 Å². The predicted octanol–water partition coefficient (Wildman–Crippen LogP) is 4.80. The van der Waals surface area contributed by atoms with Gasteiger partial charge in [-0.15, -0.1) is 0 Å². The number of benzene rings is 3. The second-order valence-corrected chi connectivity index (χ2v) is 8.87. The van der Waals surface area contributed by atoms with Gasteiger partial charge in [0.1, 0.15) is 11.5 Å². The summed E-state index contributed by atoms with van der Waals surface area (Å²) in [6.45, 7) is 0. The first kappa shape index (κ1) is 26.7. The van der Waals surface area contributed by atoms with Gasteiger partial charge in [0, 0.05) is 22.6 Å². The van der Waals surface area contributed by atoms with Gasteiger partial charge >= 0.3 is 5.97 Å². The van der Waals surface area contributed by atoms with Crippen molar-refractivity contribution in [2.75, 3.05) is 42.7 Å². The van der Waals surface area contributed by atoms with E-state index in [1.54, 1.807) is 42.5 Å². The van der Waals surface area contributed by atoms with Gasteiger partial charge in [-0.05, 0) is 36.4 Å². The van der Waals surface area contributed by atoms with Gasteiger partial charge < -0.3 is 37.9 Å². The van der Waals surface area contributed by atoms with Gasteiger partial charge in [-0.2, -0.15) is 0 Å². The van der Waals surface area contributed by atoms with E-state index in [2.05, 4.69) is 0 Å². The third-order valence-electron chi connectivity index (χ3n) is 6.91. The molecular formula is C30H28O10. The van der Waals surface area contributed by atoms with Crippen molar-refractivity contribution in [1.82, 2.24) is 0 Å². The van der Waals surface area contributed by atoms with Crippen molar-refractivity contribution in [3.05, 3.63) is 64.4 Å². The molecule has 2 aliphatic heterocycles. The number of allylic oxidation sites excluding steroid dienone is 1. The molecule has 0 radical (unpaired) electrons. The molecule has 0 unspecified atom stereocenters. The summed E-state index contributed by atoms with van der Waals surface area (Å²) in [5, 5.41) is 0. The number of hydrogen-bond donors (Lipinski definition) is 0. The van der Waals surface area contributed by atoms with E-state index in [-0.39, 0.29) is 18.0 Å². The molecule has 0 N–H and O–H groups in total. The predicted molar refractivity (Wildman–Crippen MR) is 144 cm³/mol. The van der Waals surface area contributed by atoms with Gasteiger partial charge in [-0.3, -0.25) is 9.59 Å². The lowest BCUT2D eigenvalue weighted by molar-refractivity contribution is -0.135. The Labute approximate surface area is 230 Å². The van der Waals surface area contributed by atoms with Crippen LogP contribution in [-0.4, -0.2) is 54.4 Å². The summed E-state index contributed by atoms with van der Waals surface area (Å²) >= 11 is 0. The first-order chi connectivity index (χ1) is 19.4. The van der Waals surface area contributed by atoms with Crippen LogP contribution in [0.1, 0.15) is 39.4 Å². The number of ether oxygens (including phenoxy) is 8. The molecule has 0 saturated heterocycles. The number of carbonyl (C=O) groups excluding carboxylic acids is 2. The van der Waals surface area contributed by atoms with Crippen molar-refractivity contribution in [3.8, 4) is 46.0 Å². The van der Waals surface area contributed by atoms with Crippen LogP contribution in [0.25, 0.3) is 6.08 Å². The minimum Gasteiger partial charge on any atom is -0.493 e. The molecule has 10 heteroatoms. The van der Waals surface area contributed by atoms with E-state index in [1.165, 1.54) is 42.7 Å². The van der Waals surface area contributed by atoms with E-state index in [4.69, 9.17) is 37.9 Å². The van der Waals surface area contributed by atoms with Crippen molar-refractivity contribution < 1.29 is 47.5 Å². The van der Waals surface area contributed by atoms with Gasteiger partial charge in [-0.1, -0.05) is 6.07 Å². The monoisotopic (exact) mass is 548 g/mol. The average molecular weight is 549 g/mol. The van der Waals surface area contributed by atoms with E-state index in [9.17, 15) is 9.59 Å². The van der Waals surface area contributed by atoms with E-state index < -0.39 is 11.9 Å². The normalized spacial score (nSPS) is 16.4. The Bertz CT molecular complexity index is 1540. The summed E-state index contributed by atoms with van der Waals surface area (Å²) in [7, 11) is 9.06. The molecule has 0 amide bonds. The minimum absolute atomic E-state index is 0.00457. The Kier molecular flexibility index (Phi) is 7.17. The standard InChI is InChI=1S/C30H28O10/c1-33-20-10-7-15(26(35-3)29(20)37-5)13-22-25(32)17-9-11-19-24(27(17)40-22)18(14-23(31)39-19)16-8-12-21(34-2)30(38-6)28(16)36-4/h7-13,18H,14H2,1-6H3/b22-13-/t18-/m1/s1. The van der Waals surface area contributed by atoms with Crippen LogP contribution in [0, 0.1) is 0 Å². The van der Waals surface area contributed by atoms with Crippen LogP contribution >= 0.6 is 0 Å². The zero-order valence-corrected chi connectivity index (χ0v) is 22.9. The second-order valence-electron chi connectivity index (χ2n) is 8.87. The summed E-state index contributed by atoms with van der Waals surface area (Å²) in [6, 6.07) is 10.2. The van der Waals surface area contributed by atoms with Crippen LogP contribution in [0.3, 0.4) is 0 Å². The molecule has 0 aromatic heterocycles. The Morgan fingerprint density at radius 1 is 0.700 bits per heavy atom. The second kappa shape index (κ2) is 10.7. The van der Waals surface area contributed by atoms with Crippen molar-refractivity contribution in [2.45, 2.75) is 12.3 Å². The minimum atomic E-state index is -0.552. The number of rotatable bonds is 8. The molecule has 0 fully saturated rings. The number of methoxy groups -OCH3 is 6. The Morgan fingerprint density at radius 3 is 1.95 bits per heavy atom. The summed E-state index contributed by atoms with van der Waals surface area (Å²) < 4.78 is 44.9. The fourth-order valence-corrected chi connectivity index (χ4v) is 5.15. The van der Waals surface area contributed by atoms with Crippen LogP contribution in [0.2, 0.25) is 0 Å². The summed E-state index contributed by atoms with van der Waals surface area (Å²) in [4.78, 5) is 26.2. The van der Waals surface area contributed by atoms with Crippen molar-refractivity contribution in [3.63, 3.8) is 0 Å². The molecule has 0 spiro atoms. The van der Waals surface area contributed by atoms with Crippen LogP contribution in [0.5, 0.6) is 46.0 Å². The summed E-state index contributed by atoms with van der Waals surface area (Å²) in [6.07, 6.45) is 1.58. The quantitative estimate of drug-likeness (QED) is 0.221. The zero-order valence-electron chi connectivity index (χ0n) is 22.9.